The quantitative estimate of drug-likeness (QED) is 0.376. The van der Waals surface area contributed by atoms with Crippen molar-refractivity contribution in [1.29, 1.82) is 5.26 Å². The Labute approximate surface area is 144 Å². The van der Waals surface area contributed by atoms with Crippen molar-refractivity contribution in [3.05, 3.63) is 58.0 Å². The highest BCUT2D eigenvalue weighted by atomic mass is 16.4. The highest BCUT2D eigenvalue weighted by molar-refractivity contribution is 5.91. The largest absolute Gasteiger partial charge is 0.477 e. The third kappa shape index (κ3) is 4.15. The van der Waals surface area contributed by atoms with Crippen LogP contribution in [0, 0.1) is 11.3 Å². The second kappa shape index (κ2) is 7.97. The van der Waals surface area contributed by atoms with Crippen LogP contribution in [-0.2, 0) is 4.79 Å². The molecule has 6 heteroatoms. The normalized spacial score (nSPS) is 11.6. The first kappa shape index (κ1) is 18.0. The van der Waals surface area contributed by atoms with Crippen molar-refractivity contribution < 1.29 is 14.3 Å². The van der Waals surface area contributed by atoms with Gasteiger partial charge in [-0.25, -0.2) is 9.59 Å². The smallest absolute Gasteiger partial charge is 0.346 e. The molecule has 25 heavy (non-hydrogen) atoms. The van der Waals surface area contributed by atoms with Crippen LogP contribution in [0.15, 0.2) is 51.2 Å². The average molecular weight is 338 g/mol. The summed E-state index contributed by atoms with van der Waals surface area (Å²) in [6, 6.07) is 8.89. The van der Waals surface area contributed by atoms with Crippen LogP contribution in [0.25, 0.3) is 17.0 Å². The van der Waals surface area contributed by atoms with E-state index >= 15 is 0 Å². The molecule has 0 aliphatic carbocycles. The Morgan fingerprint density at radius 3 is 2.64 bits per heavy atom. The number of fused-ring (bicyclic) bond motifs is 1. The highest BCUT2D eigenvalue weighted by Gasteiger charge is 2.07. The lowest BCUT2D eigenvalue weighted by atomic mass is 10.1. The van der Waals surface area contributed by atoms with E-state index in [9.17, 15) is 9.59 Å². The van der Waals surface area contributed by atoms with Crippen LogP contribution in [-0.4, -0.2) is 24.2 Å². The summed E-state index contributed by atoms with van der Waals surface area (Å²) in [6.07, 6.45) is 3.90. The molecule has 0 aliphatic heterocycles. The first-order chi connectivity index (χ1) is 12.0. The predicted molar refractivity (Wildman–Crippen MR) is 96.4 cm³/mol. The SMILES string of the molecule is CCN(CC)c1ccc2cc(/C=C/C=C(/C#N)C(=O)O)c(=O)oc2c1. The zero-order chi connectivity index (χ0) is 18.4. The van der Waals surface area contributed by atoms with Gasteiger partial charge >= 0.3 is 11.6 Å². The molecule has 1 N–H and O–H groups in total. The van der Waals surface area contributed by atoms with Gasteiger partial charge in [0.25, 0.3) is 0 Å². The molecule has 0 atom stereocenters. The number of carbonyl (C=O) groups is 1. The predicted octanol–water partition coefficient (Wildman–Crippen LogP) is 3.19. The maximum Gasteiger partial charge on any atom is 0.346 e. The molecule has 0 saturated heterocycles. The van der Waals surface area contributed by atoms with Crippen molar-refractivity contribution in [2.24, 2.45) is 0 Å². The summed E-state index contributed by atoms with van der Waals surface area (Å²) < 4.78 is 5.37. The summed E-state index contributed by atoms with van der Waals surface area (Å²) >= 11 is 0. The minimum Gasteiger partial charge on any atom is -0.477 e. The molecule has 0 fully saturated rings. The fourth-order valence-corrected chi connectivity index (χ4v) is 2.42. The van der Waals surface area contributed by atoms with Gasteiger partial charge in [0.1, 0.15) is 17.2 Å². The maximum atomic E-state index is 12.1. The van der Waals surface area contributed by atoms with E-state index in [2.05, 4.69) is 18.7 Å². The standard InChI is InChI=1S/C19H18N2O4/c1-3-21(4-2)16-9-8-13-10-14(19(24)25-17(13)11-16)6-5-7-15(12-20)18(22)23/h5-11H,3-4H2,1-2H3,(H,22,23)/b6-5+,15-7-. The van der Waals surface area contributed by atoms with E-state index in [1.807, 2.05) is 18.2 Å². The fraction of sp³-hybridized carbons (Fsp3) is 0.211. The van der Waals surface area contributed by atoms with Crippen molar-refractivity contribution in [2.75, 3.05) is 18.0 Å². The number of hydrogen-bond acceptors (Lipinski definition) is 5. The molecule has 2 aromatic rings. The Kier molecular flexibility index (Phi) is 5.75. The van der Waals surface area contributed by atoms with E-state index in [1.54, 1.807) is 12.1 Å². The van der Waals surface area contributed by atoms with Gasteiger partial charge in [-0.1, -0.05) is 6.08 Å². The number of carboxylic acids is 1. The molecule has 1 aromatic carbocycles. The number of benzene rings is 1. The van der Waals surface area contributed by atoms with Crippen LogP contribution in [0.5, 0.6) is 0 Å². The summed E-state index contributed by atoms with van der Waals surface area (Å²) in [7, 11) is 0. The summed E-state index contributed by atoms with van der Waals surface area (Å²) in [5.41, 5.74) is 0.812. The van der Waals surface area contributed by atoms with Gasteiger partial charge in [0.2, 0.25) is 0 Å². The number of nitriles is 1. The minimum absolute atomic E-state index is 0.280. The molecule has 0 amide bonds. The Morgan fingerprint density at radius 1 is 1.32 bits per heavy atom. The van der Waals surface area contributed by atoms with Gasteiger partial charge in [0.15, 0.2) is 0 Å². The summed E-state index contributed by atoms with van der Waals surface area (Å²) in [6.45, 7) is 5.81. The van der Waals surface area contributed by atoms with Crippen molar-refractivity contribution in [2.45, 2.75) is 13.8 Å². The van der Waals surface area contributed by atoms with Gasteiger partial charge < -0.3 is 14.4 Å². The van der Waals surface area contributed by atoms with Gasteiger partial charge in [-0.2, -0.15) is 5.26 Å². The molecule has 1 aromatic heterocycles. The molecule has 0 bridgehead atoms. The number of allylic oxidation sites excluding steroid dienone is 2. The zero-order valence-electron chi connectivity index (χ0n) is 14.0. The number of carboxylic acid groups (broad SMARTS) is 1. The van der Waals surface area contributed by atoms with Gasteiger partial charge in [-0.15, -0.1) is 0 Å². The van der Waals surface area contributed by atoms with Crippen molar-refractivity contribution >= 4 is 28.7 Å². The summed E-state index contributed by atoms with van der Waals surface area (Å²) in [5, 5.41) is 18.2. The number of hydrogen-bond donors (Lipinski definition) is 1. The van der Waals surface area contributed by atoms with Gasteiger partial charge in [0, 0.05) is 30.2 Å². The maximum absolute atomic E-state index is 12.1. The third-order valence-electron chi connectivity index (χ3n) is 3.76. The lowest BCUT2D eigenvalue weighted by Crippen LogP contribution is -2.21. The fourth-order valence-electron chi connectivity index (χ4n) is 2.42. The first-order valence-corrected chi connectivity index (χ1v) is 7.84. The van der Waals surface area contributed by atoms with E-state index < -0.39 is 17.2 Å². The molecule has 128 valence electrons. The molecule has 0 spiro atoms. The van der Waals surface area contributed by atoms with E-state index in [1.165, 1.54) is 12.2 Å². The Morgan fingerprint density at radius 2 is 2.04 bits per heavy atom. The zero-order valence-corrected chi connectivity index (χ0v) is 14.0. The average Bonchev–Trinajstić information content (AvgIpc) is 2.59. The van der Waals surface area contributed by atoms with Crippen LogP contribution in [0.4, 0.5) is 5.69 Å². The van der Waals surface area contributed by atoms with Crippen molar-refractivity contribution in [3.8, 4) is 6.07 Å². The van der Waals surface area contributed by atoms with E-state index in [-0.39, 0.29) is 5.56 Å². The van der Waals surface area contributed by atoms with E-state index in [4.69, 9.17) is 14.8 Å². The van der Waals surface area contributed by atoms with E-state index in [0.717, 1.165) is 30.2 Å². The molecular weight excluding hydrogens is 320 g/mol. The summed E-state index contributed by atoms with van der Waals surface area (Å²) in [5.74, 6) is -1.32. The lowest BCUT2D eigenvalue weighted by Gasteiger charge is -2.20. The van der Waals surface area contributed by atoms with Gasteiger partial charge in [-0.05, 0) is 44.2 Å². The molecule has 2 rings (SSSR count). The Balaban J connectivity index is 2.40. The van der Waals surface area contributed by atoms with Crippen LogP contribution in [0.3, 0.4) is 0 Å². The topological polar surface area (TPSA) is 94.5 Å². The number of rotatable bonds is 6. The number of anilines is 1. The van der Waals surface area contributed by atoms with Crippen LogP contribution in [0.2, 0.25) is 0 Å². The Bertz CT molecular complexity index is 944. The second-order valence-electron chi connectivity index (χ2n) is 5.24. The van der Waals surface area contributed by atoms with E-state index in [0.29, 0.717) is 5.58 Å². The molecule has 0 radical (unpaired) electrons. The number of nitrogens with zero attached hydrogens (tertiary/aromatic N) is 2. The molecule has 0 aliphatic rings. The number of aliphatic carboxylic acids is 1. The van der Waals surface area contributed by atoms with Gasteiger partial charge in [-0.3, -0.25) is 0 Å². The molecule has 1 heterocycles. The minimum atomic E-state index is -1.32. The second-order valence-corrected chi connectivity index (χ2v) is 5.24. The lowest BCUT2D eigenvalue weighted by molar-refractivity contribution is -0.132. The molecule has 0 unspecified atom stereocenters. The third-order valence-corrected chi connectivity index (χ3v) is 3.76. The van der Waals surface area contributed by atoms with Crippen LogP contribution >= 0.6 is 0 Å². The van der Waals surface area contributed by atoms with Crippen molar-refractivity contribution in [3.63, 3.8) is 0 Å². The van der Waals surface area contributed by atoms with Crippen LogP contribution < -0.4 is 10.5 Å². The summed E-state index contributed by atoms with van der Waals surface area (Å²) in [4.78, 5) is 25.0. The first-order valence-electron chi connectivity index (χ1n) is 7.84. The Hall–Kier alpha value is -3.33. The van der Waals surface area contributed by atoms with Gasteiger partial charge in [0.05, 0.1) is 5.56 Å². The monoisotopic (exact) mass is 338 g/mol. The molecule has 0 saturated carbocycles. The molecular formula is C19H18N2O4. The van der Waals surface area contributed by atoms with Crippen LogP contribution in [0.1, 0.15) is 19.4 Å². The molecule has 6 nitrogen and oxygen atoms in total. The van der Waals surface area contributed by atoms with Crippen molar-refractivity contribution in [1.82, 2.24) is 0 Å². The highest BCUT2D eigenvalue weighted by Crippen LogP contribution is 2.22.